The average Bonchev–Trinajstić information content (AvgIpc) is 2.93. The van der Waals surface area contributed by atoms with Crippen LogP contribution in [0.25, 0.3) is 0 Å². The first-order valence-corrected chi connectivity index (χ1v) is 10.7. The van der Waals surface area contributed by atoms with Gasteiger partial charge in [0.25, 0.3) is 5.91 Å². The highest BCUT2D eigenvalue weighted by Gasteiger charge is 2.49. The van der Waals surface area contributed by atoms with Crippen LogP contribution in [0.4, 0.5) is 9.59 Å². The van der Waals surface area contributed by atoms with Gasteiger partial charge in [0.05, 0.1) is 0 Å². The number of urea groups is 2. The summed E-state index contributed by atoms with van der Waals surface area (Å²) in [4.78, 5) is 50.5. The molecule has 1 aromatic carbocycles. The van der Waals surface area contributed by atoms with Crippen LogP contribution in [0, 0.1) is 0 Å². The highest BCUT2D eigenvalue weighted by Crippen LogP contribution is 2.29. The third kappa shape index (κ3) is 4.80. The monoisotopic (exact) mass is 414 g/mol. The number of nitrogens with one attached hydrogen (secondary N) is 3. The number of rotatable bonds is 6. The lowest BCUT2D eigenvalue weighted by Crippen LogP contribution is -2.49. The van der Waals surface area contributed by atoms with Crippen LogP contribution in [-0.2, 0) is 21.5 Å². The van der Waals surface area contributed by atoms with Crippen LogP contribution in [0.2, 0.25) is 0 Å². The molecule has 162 valence electrons. The minimum atomic E-state index is -1.24. The first-order chi connectivity index (χ1) is 14.3. The van der Waals surface area contributed by atoms with E-state index >= 15 is 0 Å². The van der Waals surface area contributed by atoms with E-state index in [9.17, 15) is 19.2 Å². The van der Waals surface area contributed by atoms with E-state index < -0.39 is 36.0 Å². The molecule has 2 aliphatic rings. The van der Waals surface area contributed by atoms with Gasteiger partial charge in [-0.25, -0.2) is 9.59 Å². The van der Waals surface area contributed by atoms with Gasteiger partial charge in [0, 0.05) is 6.04 Å². The van der Waals surface area contributed by atoms with Crippen molar-refractivity contribution in [1.82, 2.24) is 20.9 Å². The van der Waals surface area contributed by atoms with Gasteiger partial charge in [0.2, 0.25) is 5.91 Å². The minimum absolute atomic E-state index is 0.0576. The van der Waals surface area contributed by atoms with Crippen molar-refractivity contribution in [3.05, 3.63) is 35.4 Å². The van der Waals surface area contributed by atoms with E-state index in [0.717, 1.165) is 55.4 Å². The number of benzene rings is 1. The fourth-order valence-electron chi connectivity index (χ4n) is 4.11. The SMILES string of the molecule is CCCc1ccc([C@]2(C)NC(=O)N(CC(=O)NC(=O)NC3CCCCC3)C2=O)cc1. The van der Waals surface area contributed by atoms with Crippen molar-refractivity contribution in [1.29, 1.82) is 0 Å². The zero-order valence-corrected chi connectivity index (χ0v) is 17.6. The molecule has 0 bridgehead atoms. The van der Waals surface area contributed by atoms with E-state index in [1.165, 1.54) is 0 Å². The second kappa shape index (κ2) is 9.28. The van der Waals surface area contributed by atoms with E-state index in [-0.39, 0.29) is 6.04 Å². The second-order valence-electron chi connectivity index (χ2n) is 8.25. The van der Waals surface area contributed by atoms with E-state index in [2.05, 4.69) is 22.9 Å². The molecular weight excluding hydrogens is 384 g/mol. The number of carbonyl (C=O) groups excluding carboxylic acids is 4. The Kier molecular flexibility index (Phi) is 6.74. The molecular formula is C22H30N4O4. The predicted octanol–water partition coefficient (Wildman–Crippen LogP) is 2.56. The number of aryl methyl sites for hydroxylation is 1. The van der Waals surface area contributed by atoms with Gasteiger partial charge in [0.1, 0.15) is 12.1 Å². The summed E-state index contributed by atoms with van der Waals surface area (Å²) in [5, 5.41) is 7.68. The van der Waals surface area contributed by atoms with Crippen LogP contribution in [0.15, 0.2) is 24.3 Å². The van der Waals surface area contributed by atoms with Crippen molar-refractivity contribution in [2.75, 3.05) is 6.54 Å². The van der Waals surface area contributed by atoms with Gasteiger partial charge in [-0.3, -0.25) is 19.8 Å². The van der Waals surface area contributed by atoms with Gasteiger partial charge in [-0.15, -0.1) is 0 Å². The van der Waals surface area contributed by atoms with E-state index in [4.69, 9.17) is 0 Å². The lowest BCUT2D eigenvalue weighted by molar-refractivity contribution is -0.134. The maximum absolute atomic E-state index is 12.9. The van der Waals surface area contributed by atoms with Crippen molar-refractivity contribution in [2.24, 2.45) is 0 Å². The molecule has 1 aliphatic heterocycles. The van der Waals surface area contributed by atoms with Crippen LogP contribution in [0.1, 0.15) is 63.5 Å². The van der Waals surface area contributed by atoms with Crippen LogP contribution in [0.5, 0.6) is 0 Å². The molecule has 2 fully saturated rings. The standard InChI is InChI=1S/C22H30N4O4/c1-3-7-15-10-12-16(13-11-15)22(2)19(28)26(21(30)25-22)14-18(27)24-20(29)23-17-8-5-4-6-9-17/h10-13,17H,3-9,14H2,1-2H3,(H,25,30)(H2,23,24,27,29)/t22-/m0/s1. The lowest BCUT2D eigenvalue weighted by Gasteiger charge is -2.23. The Bertz CT molecular complexity index is 817. The number of hydrogen-bond donors (Lipinski definition) is 3. The summed E-state index contributed by atoms with van der Waals surface area (Å²) < 4.78 is 0. The molecule has 30 heavy (non-hydrogen) atoms. The molecule has 1 atom stereocenters. The molecule has 1 saturated heterocycles. The molecule has 0 aromatic heterocycles. The summed E-state index contributed by atoms with van der Waals surface area (Å²) in [6.07, 6.45) is 7.01. The van der Waals surface area contributed by atoms with Crippen molar-refractivity contribution >= 4 is 23.9 Å². The molecule has 0 unspecified atom stereocenters. The second-order valence-corrected chi connectivity index (χ2v) is 8.25. The van der Waals surface area contributed by atoms with E-state index in [0.29, 0.717) is 5.56 Å². The zero-order chi connectivity index (χ0) is 21.7. The quantitative estimate of drug-likeness (QED) is 0.622. The van der Waals surface area contributed by atoms with Crippen LogP contribution >= 0.6 is 0 Å². The van der Waals surface area contributed by atoms with Gasteiger partial charge in [0.15, 0.2) is 0 Å². The Hall–Kier alpha value is -2.90. The smallest absolute Gasteiger partial charge is 0.325 e. The molecule has 1 aromatic rings. The molecule has 3 N–H and O–H groups in total. The number of carbonyl (C=O) groups is 4. The van der Waals surface area contributed by atoms with E-state index in [1.807, 2.05) is 24.3 Å². The fourth-order valence-corrected chi connectivity index (χ4v) is 4.11. The van der Waals surface area contributed by atoms with Crippen molar-refractivity contribution in [2.45, 2.75) is 70.4 Å². The van der Waals surface area contributed by atoms with Crippen molar-refractivity contribution < 1.29 is 19.2 Å². The first kappa shape index (κ1) is 21.8. The number of imide groups is 2. The largest absolute Gasteiger partial charge is 0.335 e. The topological polar surface area (TPSA) is 108 Å². The maximum Gasteiger partial charge on any atom is 0.325 e. The minimum Gasteiger partial charge on any atom is -0.335 e. The van der Waals surface area contributed by atoms with Crippen LogP contribution in [0.3, 0.4) is 0 Å². The highest BCUT2D eigenvalue weighted by atomic mass is 16.2. The van der Waals surface area contributed by atoms with Crippen LogP contribution < -0.4 is 16.0 Å². The van der Waals surface area contributed by atoms with Crippen molar-refractivity contribution in [3.8, 4) is 0 Å². The normalized spacial score (nSPS) is 22.0. The Morgan fingerprint density at radius 2 is 1.80 bits per heavy atom. The zero-order valence-electron chi connectivity index (χ0n) is 17.6. The molecule has 0 radical (unpaired) electrons. The molecule has 1 saturated carbocycles. The number of hydrogen-bond acceptors (Lipinski definition) is 4. The summed E-state index contributed by atoms with van der Waals surface area (Å²) >= 11 is 0. The summed E-state index contributed by atoms with van der Waals surface area (Å²) in [7, 11) is 0. The van der Waals surface area contributed by atoms with Gasteiger partial charge >= 0.3 is 12.1 Å². The molecule has 8 heteroatoms. The third-order valence-corrected chi connectivity index (χ3v) is 5.84. The summed E-state index contributed by atoms with van der Waals surface area (Å²) in [6, 6.07) is 6.34. The Balaban J connectivity index is 1.59. The fraction of sp³-hybridized carbons (Fsp3) is 0.545. The molecule has 0 spiro atoms. The summed E-state index contributed by atoms with van der Waals surface area (Å²) in [5.74, 6) is -1.21. The Labute approximate surface area is 176 Å². The Morgan fingerprint density at radius 1 is 1.13 bits per heavy atom. The van der Waals surface area contributed by atoms with Gasteiger partial charge in [-0.2, -0.15) is 0 Å². The first-order valence-electron chi connectivity index (χ1n) is 10.7. The molecule has 1 aliphatic carbocycles. The highest BCUT2D eigenvalue weighted by molar-refractivity contribution is 6.10. The predicted molar refractivity (Wildman–Crippen MR) is 112 cm³/mol. The molecule has 3 rings (SSSR count). The molecule has 6 amide bonds. The van der Waals surface area contributed by atoms with Gasteiger partial charge in [-0.1, -0.05) is 56.9 Å². The van der Waals surface area contributed by atoms with Gasteiger partial charge in [-0.05, 0) is 37.3 Å². The van der Waals surface area contributed by atoms with Gasteiger partial charge < -0.3 is 10.6 Å². The van der Waals surface area contributed by atoms with Crippen molar-refractivity contribution in [3.63, 3.8) is 0 Å². The lowest BCUT2D eigenvalue weighted by atomic mass is 9.91. The van der Waals surface area contributed by atoms with E-state index in [1.54, 1.807) is 6.92 Å². The van der Waals surface area contributed by atoms with Crippen LogP contribution in [-0.4, -0.2) is 41.4 Å². The maximum atomic E-state index is 12.9. The third-order valence-electron chi connectivity index (χ3n) is 5.84. The summed E-state index contributed by atoms with van der Waals surface area (Å²) in [6.45, 7) is 3.20. The Morgan fingerprint density at radius 3 is 2.43 bits per heavy atom. The molecule has 1 heterocycles. The number of nitrogens with zero attached hydrogens (tertiary/aromatic N) is 1. The summed E-state index contributed by atoms with van der Waals surface area (Å²) in [5.41, 5.74) is 0.562. The average molecular weight is 415 g/mol. The number of amides is 6. The molecule has 8 nitrogen and oxygen atoms in total.